The number of benzene rings is 1. The van der Waals surface area contributed by atoms with Crippen LogP contribution in [0.25, 0.3) is 0 Å². The summed E-state index contributed by atoms with van der Waals surface area (Å²) in [4.78, 5) is 14.0. The van der Waals surface area contributed by atoms with Gasteiger partial charge in [-0.2, -0.15) is 0 Å². The number of nitrogens with zero attached hydrogens (tertiary/aromatic N) is 1. The maximum absolute atomic E-state index is 12.4. The van der Waals surface area contributed by atoms with Gasteiger partial charge in [0, 0.05) is 24.8 Å². The van der Waals surface area contributed by atoms with Crippen LogP contribution in [0.5, 0.6) is 0 Å². The Bertz CT molecular complexity index is 509. The van der Waals surface area contributed by atoms with E-state index in [0.29, 0.717) is 13.2 Å². The molecule has 0 aliphatic carbocycles. The van der Waals surface area contributed by atoms with Gasteiger partial charge in [0.15, 0.2) is 0 Å². The smallest absolute Gasteiger partial charge is 0.292 e. The summed E-state index contributed by atoms with van der Waals surface area (Å²) in [5, 5.41) is 3.32. The molecule has 1 fully saturated rings. The van der Waals surface area contributed by atoms with E-state index in [1.807, 2.05) is 18.2 Å². The number of hydrogen-bond donors (Lipinski definition) is 1. The number of amides is 1. The molecule has 1 spiro atoms. The molecule has 19 heavy (non-hydrogen) atoms. The number of fused-ring (bicyclic) bond motifs is 2. The van der Waals surface area contributed by atoms with Crippen molar-refractivity contribution in [2.24, 2.45) is 0 Å². The number of likely N-dealkylation sites (N-methyl/N-ethyl adjacent to an activating group) is 1. The maximum Gasteiger partial charge on any atom is 0.292 e. The van der Waals surface area contributed by atoms with Crippen LogP contribution in [0.15, 0.2) is 18.2 Å². The van der Waals surface area contributed by atoms with Gasteiger partial charge in [0.2, 0.25) is 0 Å². The fourth-order valence-corrected chi connectivity index (χ4v) is 2.61. The van der Waals surface area contributed by atoms with E-state index < -0.39 is 5.79 Å². The van der Waals surface area contributed by atoms with Crippen LogP contribution in [-0.4, -0.2) is 32.7 Å². The Morgan fingerprint density at radius 1 is 1.37 bits per heavy atom. The average Bonchev–Trinajstić information content (AvgIpc) is 3.00. The summed E-state index contributed by atoms with van der Waals surface area (Å²) in [7, 11) is 1.75. The van der Waals surface area contributed by atoms with Crippen molar-refractivity contribution < 1.29 is 14.3 Å². The van der Waals surface area contributed by atoms with Gasteiger partial charge in [-0.05, 0) is 24.6 Å². The van der Waals surface area contributed by atoms with Gasteiger partial charge in [0.25, 0.3) is 11.7 Å². The van der Waals surface area contributed by atoms with Crippen molar-refractivity contribution in [2.75, 3.05) is 37.0 Å². The standard InChI is InChI=1S/C14H18N2O3/c1-3-6-15-10-4-5-12-11(9-10)14(13(17)16(12)2)18-7-8-19-14/h4-5,9,15H,3,6-8H2,1-2H3. The third kappa shape index (κ3) is 1.73. The average molecular weight is 262 g/mol. The minimum Gasteiger partial charge on any atom is -0.385 e. The van der Waals surface area contributed by atoms with E-state index in [1.54, 1.807) is 11.9 Å². The lowest BCUT2D eigenvalue weighted by Gasteiger charge is -2.20. The highest BCUT2D eigenvalue weighted by Crippen LogP contribution is 2.45. The molecule has 2 aliphatic heterocycles. The molecule has 1 saturated heterocycles. The Labute approximate surface area is 112 Å². The molecule has 3 rings (SSSR count). The fourth-order valence-electron chi connectivity index (χ4n) is 2.61. The third-order valence-electron chi connectivity index (χ3n) is 3.57. The summed E-state index contributed by atoms with van der Waals surface area (Å²) >= 11 is 0. The first-order valence-electron chi connectivity index (χ1n) is 6.63. The number of carbonyl (C=O) groups excluding carboxylic acids is 1. The molecule has 1 amide bonds. The maximum atomic E-state index is 12.4. The zero-order chi connectivity index (χ0) is 13.5. The summed E-state index contributed by atoms with van der Waals surface area (Å²) in [6.45, 7) is 3.91. The molecule has 0 saturated carbocycles. The Hall–Kier alpha value is -1.59. The molecule has 1 N–H and O–H groups in total. The van der Waals surface area contributed by atoms with Crippen LogP contribution in [0.4, 0.5) is 11.4 Å². The van der Waals surface area contributed by atoms with Gasteiger partial charge in [-0.15, -0.1) is 0 Å². The van der Waals surface area contributed by atoms with Crippen molar-refractivity contribution in [1.29, 1.82) is 0 Å². The highest BCUT2D eigenvalue weighted by atomic mass is 16.7. The van der Waals surface area contributed by atoms with Crippen LogP contribution < -0.4 is 10.2 Å². The number of anilines is 2. The number of ether oxygens (including phenoxy) is 2. The fraction of sp³-hybridized carbons (Fsp3) is 0.500. The zero-order valence-electron chi connectivity index (χ0n) is 11.2. The molecule has 0 atom stereocenters. The van der Waals surface area contributed by atoms with Crippen molar-refractivity contribution in [2.45, 2.75) is 19.1 Å². The molecule has 0 aromatic heterocycles. The van der Waals surface area contributed by atoms with Gasteiger partial charge in [0.05, 0.1) is 18.9 Å². The molecule has 0 radical (unpaired) electrons. The molecular weight excluding hydrogens is 244 g/mol. The second-order valence-electron chi connectivity index (χ2n) is 4.84. The van der Waals surface area contributed by atoms with E-state index >= 15 is 0 Å². The van der Waals surface area contributed by atoms with Crippen molar-refractivity contribution in [3.63, 3.8) is 0 Å². The highest BCUT2D eigenvalue weighted by Gasteiger charge is 2.55. The molecular formula is C14H18N2O3. The third-order valence-corrected chi connectivity index (χ3v) is 3.57. The molecule has 102 valence electrons. The van der Waals surface area contributed by atoms with Gasteiger partial charge < -0.3 is 19.7 Å². The second kappa shape index (κ2) is 4.51. The topological polar surface area (TPSA) is 50.8 Å². The number of carbonyl (C=O) groups is 1. The van der Waals surface area contributed by atoms with Gasteiger partial charge in [0.1, 0.15) is 0 Å². The largest absolute Gasteiger partial charge is 0.385 e. The van der Waals surface area contributed by atoms with E-state index in [1.165, 1.54) is 0 Å². The van der Waals surface area contributed by atoms with Crippen LogP contribution in [0, 0.1) is 0 Å². The summed E-state index contributed by atoms with van der Waals surface area (Å²) < 4.78 is 11.3. The number of rotatable bonds is 3. The lowest BCUT2D eigenvalue weighted by Crippen LogP contribution is -2.39. The summed E-state index contributed by atoms with van der Waals surface area (Å²) in [5.74, 6) is -1.36. The minimum atomic E-state index is -1.21. The van der Waals surface area contributed by atoms with Crippen LogP contribution in [0.3, 0.4) is 0 Å². The quantitative estimate of drug-likeness (QED) is 0.900. The van der Waals surface area contributed by atoms with Gasteiger partial charge in [-0.1, -0.05) is 6.92 Å². The van der Waals surface area contributed by atoms with E-state index in [4.69, 9.17) is 9.47 Å². The molecule has 0 bridgehead atoms. The molecule has 5 nitrogen and oxygen atoms in total. The first kappa shape index (κ1) is 12.4. The minimum absolute atomic E-state index is 0.146. The molecule has 2 heterocycles. The predicted molar refractivity (Wildman–Crippen MR) is 72.2 cm³/mol. The second-order valence-corrected chi connectivity index (χ2v) is 4.84. The lowest BCUT2D eigenvalue weighted by atomic mass is 10.1. The summed E-state index contributed by atoms with van der Waals surface area (Å²) in [6.07, 6.45) is 1.05. The van der Waals surface area contributed by atoms with Crippen molar-refractivity contribution in [3.8, 4) is 0 Å². The zero-order valence-corrected chi connectivity index (χ0v) is 11.2. The van der Waals surface area contributed by atoms with Gasteiger partial charge in [-0.25, -0.2) is 0 Å². The summed E-state index contributed by atoms with van der Waals surface area (Å²) in [6, 6.07) is 5.87. The summed E-state index contributed by atoms with van der Waals surface area (Å²) in [5.41, 5.74) is 2.65. The Morgan fingerprint density at radius 3 is 2.79 bits per heavy atom. The SMILES string of the molecule is CCCNc1ccc2c(c1)C1(OCCO1)C(=O)N2C. The lowest BCUT2D eigenvalue weighted by molar-refractivity contribution is -0.180. The predicted octanol–water partition coefficient (Wildman–Crippen LogP) is 1.68. The first-order valence-corrected chi connectivity index (χ1v) is 6.63. The van der Waals surface area contributed by atoms with E-state index in [-0.39, 0.29) is 5.91 Å². The first-order chi connectivity index (χ1) is 9.19. The van der Waals surface area contributed by atoms with Crippen LogP contribution in [-0.2, 0) is 20.1 Å². The molecule has 5 heteroatoms. The Balaban J connectivity index is 2.02. The monoisotopic (exact) mass is 262 g/mol. The van der Waals surface area contributed by atoms with Crippen LogP contribution in [0.2, 0.25) is 0 Å². The van der Waals surface area contributed by atoms with Crippen LogP contribution >= 0.6 is 0 Å². The molecule has 1 aromatic rings. The number of hydrogen-bond acceptors (Lipinski definition) is 4. The highest BCUT2D eigenvalue weighted by molar-refractivity contribution is 6.06. The van der Waals surface area contributed by atoms with Gasteiger partial charge >= 0.3 is 0 Å². The van der Waals surface area contributed by atoms with Gasteiger partial charge in [-0.3, -0.25) is 4.79 Å². The van der Waals surface area contributed by atoms with E-state index in [9.17, 15) is 4.79 Å². The number of nitrogens with one attached hydrogen (secondary N) is 1. The van der Waals surface area contributed by atoms with E-state index in [0.717, 1.165) is 29.9 Å². The van der Waals surface area contributed by atoms with Crippen molar-refractivity contribution >= 4 is 17.3 Å². The Morgan fingerprint density at radius 2 is 2.11 bits per heavy atom. The Kier molecular flexibility index (Phi) is 2.95. The van der Waals surface area contributed by atoms with Crippen molar-refractivity contribution in [1.82, 2.24) is 0 Å². The molecule has 0 unspecified atom stereocenters. The van der Waals surface area contributed by atoms with Crippen LogP contribution in [0.1, 0.15) is 18.9 Å². The molecule has 2 aliphatic rings. The van der Waals surface area contributed by atoms with Crippen molar-refractivity contribution in [3.05, 3.63) is 23.8 Å². The van der Waals surface area contributed by atoms with E-state index in [2.05, 4.69) is 12.2 Å². The normalized spacial score (nSPS) is 20.1. The molecule has 1 aromatic carbocycles.